The molecule has 5 heteroatoms. The van der Waals surface area contributed by atoms with Crippen LogP contribution in [0.2, 0.25) is 0 Å². The minimum atomic E-state index is 0.676. The van der Waals surface area contributed by atoms with E-state index in [-0.39, 0.29) is 0 Å². The van der Waals surface area contributed by atoms with E-state index in [2.05, 4.69) is 60.5 Å². The molecule has 26 heavy (non-hydrogen) atoms. The van der Waals surface area contributed by atoms with Gasteiger partial charge in [-0.2, -0.15) is 0 Å². The number of fused-ring (bicyclic) bond motifs is 1. The van der Waals surface area contributed by atoms with E-state index < -0.39 is 0 Å². The zero-order valence-corrected chi connectivity index (χ0v) is 16.5. The fourth-order valence-electron chi connectivity index (χ4n) is 3.81. The maximum absolute atomic E-state index is 4.87. The number of hydrogen-bond donors (Lipinski definition) is 1. The second-order valence-corrected chi connectivity index (χ2v) is 7.80. The van der Waals surface area contributed by atoms with Gasteiger partial charge >= 0.3 is 0 Å². The van der Waals surface area contributed by atoms with Crippen molar-refractivity contribution in [3.8, 4) is 0 Å². The summed E-state index contributed by atoms with van der Waals surface area (Å²) in [6.45, 7) is 2.83. The number of benzene rings is 1. The Morgan fingerprint density at radius 1 is 1.04 bits per heavy atom. The summed E-state index contributed by atoms with van der Waals surface area (Å²) in [5, 5.41) is 4.65. The second kappa shape index (κ2) is 9.28. The van der Waals surface area contributed by atoms with Crippen molar-refractivity contribution in [1.82, 2.24) is 19.8 Å². The van der Waals surface area contributed by atoms with Gasteiger partial charge in [0.1, 0.15) is 11.6 Å². The van der Waals surface area contributed by atoms with Gasteiger partial charge < -0.3 is 10.2 Å². The summed E-state index contributed by atoms with van der Waals surface area (Å²) in [6, 6.07) is 8.99. The van der Waals surface area contributed by atoms with Crippen LogP contribution in [0.5, 0.6) is 0 Å². The molecule has 2 aromatic rings. The van der Waals surface area contributed by atoms with E-state index in [0.29, 0.717) is 6.04 Å². The highest BCUT2D eigenvalue weighted by Crippen LogP contribution is 2.24. The van der Waals surface area contributed by atoms with Crippen LogP contribution in [0.4, 0.5) is 5.82 Å². The van der Waals surface area contributed by atoms with Crippen LogP contribution in [0.3, 0.4) is 0 Å². The van der Waals surface area contributed by atoms with Crippen LogP contribution in [0.25, 0.3) is 10.9 Å². The summed E-state index contributed by atoms with van der Waals surface area (Å²) in [4.78, 5) is 14.4. The number of nitrogens with zero attached hydrogens (tertiary/aromatic N) is 4. The summed E-state index contributed by atoms with van der Waals surface area (Å²) in [7, 11) is 6.44. The van der Waals surface area contributed by atoms with Gasteiger partial charge in [0.25, 0.3) is 0 Å². The molecule has 0 amide bonds. The second-order valence-electron chi connectivity index (χ2n) is 7.80. The number of para-hydroxylation sites is 1. The SMILES string of the molecule is CN(C)CCCNc1nc(CN(C)C2CCCCC2)nc2ccccc12. The smallest absolute Gasteiger partial charge is 0.145 e. The molecule has 5 nitrogen and oxygen atoms in total. The Bertz CT molecular complexity index is 694. The monoisotopic (exact) mass is 355 g/mol. The zero-order chi connectivity index (χ0) is 18.4. The van der Waals surface area contributed by atoms with Gasteiger partial charge in [-0.05, 0) is 59.1 Å². The first-order valence-corrected chi connectivity index (χ1v) is 9.98. The van der Waals surface area contributed by atoms with Gasteiger partial charge in [0, 0.05) is 18.0 Å². The van der Waals surface area contributed by atoms with Crippen molar-refractivity contribution in [2.75, 3.05) is 39.5 Å². The molecule has 1 aromatic heterocycles. The normalized spacial score (nSPS) is 15.9. The highest BCUT2D eigenvalue weighted by atomic mass is 15.2. The molecule has 0 bridgehead atoms. The molecule has 0 atom stereocenters. The Kier molecular flexibility index (Phi) is 6.80. The third-order valence-corrected chi connectivity index (χ3v) is 5.31. The topological polar surface area (TPSA) is 44.3 Å². The maximum atomic E-state index is 4.87. The third kappa shape index (κ3) is 5.15. The largest absolute Gasteiger partial charge is 0.369 e. The molecule has 0 spiro atoms. The summed E-state index contributed by atoms with van der Waals surface area (Å²) >= 11 is 0. The highest BCUT2D eigenvalue weighted by molar-refractivity contribution is 5.88. The van der Waals surface area contributed by atoms with Gasteiger partial charge in [0.2, 0.25) is 0 Å². The molecule has 1 aromatic carbocycles. The minimum absolute atomic E-state index is 0.676. The molecule has 1 fully saturated rings. The van der Waals surface area contributed by atoms with Crippen LogP contribution in [0.15, 0.2) is 24.3 Å². The molecule has 1 heterocycles. The molecule has 0 saturated heterocycles. The van der Waals surface area contributed by atoms with Gasteiger partial charge in [-0.3, -0.25) is 4.90 Å². The van der Waals surface area contributed by atoms with E-state index in [0.717, 1.165) is 48.6 Å². The first kappa shape index (κ1) is 19.1. The molecule has 3 rings (SSSR count). The number of rotatable bonds is 8. The lowest BCUT2D eigenvalue weighted by molar-refractivity contribution is 0.181. The molecule has 1 aliphatic rings. The van der Waals surface area contributed by atoms with E-state index >= 15 is 0 Å². The van der Waals surface area contributed by atoms with Crippen molar-refractivity contribution in [2.45, 2.75) is 51.1 Å². The third-order valence-electron chi connectivity index (χ3n) is 5.31. The predicted molar refractivity (Wildman–Crippen MR) is 110 cm³/mol. The highest BCUT2D eigenvalue weighted by Gasteiger charge is 2.19. The summed E-state index contributed by atoms with van der Waals surface area (Å²) in [6.07, 6.45) is 7.80. The van der Waals surface area contributed by atoms with Crippen molar-refractivity contribution in [1.29, 1.82) is 0 Å². The Morgan fingerprint density at radius 2 is 1.81 bits per heavy atom. The van der Waals surface area contributed by atoms with E-state index in [1.54, 1.807) is 0 Å². The quantitative estimate of drug-likeness (QED) is 0.731. The van der Waals surface area contributed by atoms with Crippen LogP contribution in [0.1, 0.15) is 44.3 Å². The number of hydrogen-bond acceptors (Lipinski definition) is 5. The fourth-order valence-corrected chi connectivity index (χ4v) is 3.81. The standard InChI is InChI=1S/C21H33N5/c1-25(2)15-9-14-22-21-18-12-7-8-13-19(18)23-20(24-21)16-26(3)17-10-5-4-6-11-17/h7-8,12-13,17H,4-6,9-11,14-16H2,1-3H3,(H,22,23,24). The van der Waals surface area contributed by atoms with Crippen molar-refractivity contribution in [3.05, 3.63) is 30.1 Å². The Hall–Kier alpha value is -1.72. The van der Waals surface area contributed by atoms with Gasteiger partial charge in [-0.15, -0.1) is 0 Å². The van der Waals surface area contributed by atoms with E-state index in [4.69, 9.17) is 9.97 Å². The van der Waals surface area contributed by atoms with Crippen LogP contribution >= 0.6 is 0 Å². The molecule has 1 saturated carbocycles. The van der Waals surface area contributed by atoms with Crippen LogP contribution in [0, 0.1) is 0 Å². The molecule has 0 unspecified atom stereocenters. The van der Waals surface area contributed by atoms with Crippen LogP contribution in [-0.2, 0) is 6.54 Å². The fraction of sp³-hybridized carbons (Fsp3) is 0.619. The van der Waals surface area contributed by atoms with E-state index in [1.165, 1.54) is 32.1 Å². The molecule has 0 radical (unpaired) electrons. The van der Waals surface area contributed by atoms with Gasteiger partial charge in [0.15, 0.2) is 0 Å². The van der Waals surface area contributed by atoms with Crippen molar-refractivity contribution < 1.29 is 0 Å². The van der Waals surface area contributed by atoms with Gasteiger partial charge in [-0.1, -0.05) is 31.4 Å². The summed E-state index contributed by atoms with van der Waals surface area (Å²) < 4.78 is 0. The molecule has 1 N–H and O–H groups in total. The van der Waals surface area contributed by atoms with Crippen LogP contribution in [-0.4, -0.2) is 60.0 Å². The van der Waals surface area contributed by atoms with Gasteiger partial charge in [0.05, 0.1) is 12.1 Å². The Labute approximate surface area is 157 Å². The Morgan fingerprint density at radius 3 is 2.58 bits per heavy atom. The average molecular weight is 356 g/mol. The number of anilines is 1. The van der Waals surface area contributed by atoms with Crippen molar-refractivity contribution in [3.63, 3.8) is 0 Å². The first-order valence-electron chi connectivity index (χ1n) is 9.98. The lowest BCUT2D eigenvalue weighted by Gasteiger charge is -2.30. The predicted octanol–water partition coefficient (Wildman–Crippen LogP) is 3.76. The molecule has 142 valence electrons. The average Bonchev–Trinajstić information content (AvgIpc) is 2.65. The zero-order valence-electron chi connectivity index (χ0n) is 16.5. The van der Waals surface area contributed by atoms with Crippen molar-refractivity contribution in [2.24, 2.45) is 0 Å². The molecular weight excluding hydrogens is 322 g/mol. The maximum Gasteiger partial charge on any atom is 0.145 e. The molecular formula is C21H33N5. The lowest BCUT2D eigenvalue weighted by atomic mass is 9.94. The number of aromatic nitrogens is 2. The summed E-state index contributed by atoms with van der Waals surface area (Å²) in [5.41, 5.74) is 1.03. The molecule has 0 aliphatic heterocycles. The van der Waals surface area contributed by atoms with Gasteiger partial charge in [-0.25, -0.2) is 9.97 Å². The summed E-state index contributed by atoms with van der Waals surface area (Å²) in [5.74, 6) is 1.90. The van der Waals surface area contributed by atoms with E-state index in [9.17, 15) is 0 Å². The molecule has 1 aliphatic carbocycles. The van der Waals surface area contributed by atoms with E-state index in [1.807, 2.05) is 0 Å². The van der Waals surface area contributed by atoms with Crippen molar-refractivity contribution >= 4 is 16.7 Å². The minimum Gasteiger partial charge on any atom is -0.369 e. The number of nitrogens with one attached hydrogen (secondary N) is 1. The lowest BCUT2D eigenvalue weighted by Crippen LogP contribution is -2.33. The Balaban J connectivity index is 1.73. The van der Waals surface area contributed by atoms with Crippen LogP contribution < -0.4 is 5.32 Å². The first-order chi connectivity index (χ1) is 12.6.